The number of carbonyl (C=O) groups excluding carboxylic acids is 2. The van der Waals surface area contributed by atoms with Crippen LogP contribution in [0.5, 0.6) is 5.75 Å². The molecule has 0 fully saturated rings. The van der Waals surface area contributed by atoms with Crippen molar-refractivity contribution in [1.29, 1.82) is 0 Å². The van der Waals surface area contributed by atoms with Crippen LogP contribution in [-0.4, -0.2) is 51.4 Å². The molecule has 196 valence electrons. The van der Waals surface area contributed by atoms with Gasteiger partial charge in [0, 0.05) is 13.1 Å². The minimum absolute atomic E-state index is 0.0150. The molecule has 0 spiro atoms. The molecule has 8 nitrogen and oxygen atoms in total. The number of anilines is 1. The maximum atomic E-state index is 13.8. The van der Waals surface area contributed by atoms with Crippen LogP contribution in [-0.2, 0) is 26.2 Å². The Bertz CT molecular complexity index is 1320. The smallest absolute Gasteiger partial charge is 0.264 e. The summed E-state index contributed by atoms with van der Waals surface area (Å²) < 4.78 is 33.5. The van der Waals surface area contributed by atoms with Crippen LogP contribution in [0.3, 0.4) is 0 Å². The van der Waals surface area contributed by atoms with Gasteiger partial charge >= 0.3 is 0 Å². The highest BCUT2D eigenvalue weighted by Gasteiger charge is 2.33. The van der Waals surface area contributed by atoms with Crippen molar-refractivity contribution in [1.82, 2.24) is 10.2 Å². The summed E-state index contributed by atoms with van der Waals surface area (Å²) in [6.45, 7) is 3.31. The van der Waals surface area contributed by atoms with Crippen molar-refractivity contribution in [3.05, 3.63) is 89.4 Å². The molecule has 0 saturated carbocycles. The molecule has 0 aliphatic rings. The first kappa shape index (κ1) is 28.0. The van der Waals surface area contributed by atoms with Crippen molar-refractivity contribution in [2.75, 3.05) is 24.5 Å². The summed E-state index contributed by atoms with van der Waals surface area (Å²) in [6.07, 6.45) is 0. The highest BCUT2D eigenvalue weighted by molar-refractivity contribution is 7.92. The molecule has 1 unspecified atom stereocenters. The second-order valence-electron chi connectivity index (χ2n) is 8.22. The van der Waals surface area contributed by atoms with E-state index in [1.54, 1.807) is 81.6 Å². The summed E-state index contributed by atoms with van der Waals surface area (Å²) in [7, 11) is -2.60. The van der Waals surface area contributed by atoms with E-state index in [1.807, 2.05) is 0 Å². The molecule has 2 amide bonds. The van der Waals surface area contributed by atoms with E-state index in [0.717, 1.165) is 9.87 Å². The molecular weight excluding hydrogens is 514 g/mol. The molecule has 0 heterocycles. The Morgan fingerprint density at radius 1 is 0.973 bits per heavy atom. The lowest BCUT2D eigenvalue weighted by molar-refractivity contribution is -0.139. The number of rotatable bonds is 11. The Labute approximate surface area is 222 Å². The van der Waals surface area contributed by atoms with Gasteiger partial charge in [-0.15, -0.1) is 0 Å². The van der Waals surface area contributed by atoms with Gasteiger partial charge in [-0.1, -0.05) is 54.1 Å². The quantitative estimate of drug-likeness (QED) is 0.393. The van der Waals surface area contributed by atoms with Crippen LogP contribution in [0.15, 0.2) is 83.8 Å². The fourth-order valence-corrected chi connectivity index (χ4v) is 5.46. The Morgan fingerprint density at radius 3 is 2.19 bits per heavy atom. The molecule has 0 radical (unpaired) electrons. The summed E-state index contributed by atoms with van der Waals surface area (Å²) >= 11 is 6.38. The van der Waals surface area contributed by atoms with Crippen LogP contribution < -0.4 is 14.4 Å². The summed E-state index contributed by atoms with van der Waals surface area (Å²) in [5.41, 5.74) is 0.914. The van der Waals surface area contributed by atoms with Crippen molar-refractivity contribution in [3.8, 4) is 5.75 Å². The molecule has 0 bridgehead atoms. The average Bonchev–Trinajstić information content (AvgIpc) is 2.91. The number of methoxy groups -OCH3 is 1. The van der Waals surface area contributed by atoms with Crippen molar-refractivity contribution in [3.63, 3.8) is 0 Å². The highest BCUT2D eigenvalue weighted by atomic mass is 35.5. The Hall–Kier alpha value is -3.56. The van der Waals surface area contributed by atoms with E-state index < -0.39 is 28.5 Å². The van der Waals surface area contributed by atoms with Gasteiger partial charge in [-0.05, 0) is 55.8 Å². The molecule has 3 rings (SSSR count). The number of nitrogens with one attached hydrogen (secondary N) is 1. The lowest BCUT2D eigenvalue weighted by Crippen LogP contribution is -2.51. The largest absolute Gasteiger partial charge is 0.497 e. The third-order valence-electron chi connectivity index (χ3n) is 5.76. The van der Waals surface area contributed by atoms with Crippen LogP contribution in [0, 0.1) is 0 Å². The number of ether oxygens (including phenoxy) is 1. The third kappa shape index (κ3) is 6.81. The Morgan fingerprint density at radius 2 is 1.59 bits per heavy atom. The van der Waals surface area contributed by atoms with Gasteiger partial charge in [-0.2, -0.15) is 0 Å². The van der Waals surface area contributed by atoms with Crippen LogP contribution >= 0.6 is 11.6 Å². The molecule has 0 saturated heterocycles. The van der Waals surface area contributed by atoms with E-state index in [0.29, 0.717) is 12.3 Å². The first-order chi connectivity index (χ1) is 17.7. The summed E-state index contributed by atoms with van der Waals surface area (Å²) in [5, 5.41) is 2.90. The molecular formula is C27H30ClN3O5S. The first-order valence-corrected chi connectivity index (χ1v) is 13.5. The van der Waals surface area contributed by atoms with Crippen molar-refractivity contribution < 1.29 is 22.7 Å². The van der Waals surface area contributed by atoms with Gasteiger partial charge in [-0.25, -0.2) is 8.42 Å². The van der Waals surface area contributed by atoms with Crippen LogP contribution in [0.4, 0.5) is 5.69 Å². The summed E-state index contributed by atoms with van der Waals surface area (Å²) in [4.78, 5) is 27.9. The topological polar surface area (TPSA) is 96.0 Å². The van der Waals surface area contributed by atoms with Crippen molar-refractivity contribution in [2.45, 2.75) is 31.3 Å². The van der Waals surface area contributed by atoms with E-state index in [4.69, 9.17) is 16.3 Å². The molecule has 0 aromatic heterocycles. The minimum atomic E-state index is -4.16. The molecule has 0 aliphatic carbocycles. The number of hydrogen-bond acceptors (Lipinski definition) is 5. The van der Waals surface area contributed by atoms with E-state index in [9.17, 15) is 18.0 Å². The number of carbonyl (C=O) groups is 2. The van der Waals surface area contributed by atoms with Gasteiger partial charge in [0.15, 0.2) is 0 Å². The fraction of sp³-hybridized carbons (Fsp3) is 0.259. The average molecular weight is 544 g/mol. The molecule has 0 aliphatic heterocycles. The van der Waals surface area contributed by atoms with Gasteiger partial charge < -0.3 is 15.0 Å². The summed E-state index contributed by atoms with van der Waals surface area (Å²) in [5.74, 6) is -0.259. The zero-order valence-electron chi connectivity index (χ0n) is 20.9. The van der Waals surface area contributed by atoms with Gasteiger partial charge in [-0.3, -0.25) is 13.9 Å². The lowest BCUT2D eigenvalue weighted by atomic mass is 10.1. The van der Waals surface area contributed by atoms with Gasteiger partial charge in [0.25, 0.3) is 10.0 Å². The number of likely N-dealkylation sites (N-methyl/N-ethyl adjacent to an activating group) is 1. The highest BCUT2D eigenvalue weighted by Crippen LogP contribution is 2.30. The van der Waals surface area contributed by atoms with Crippen LogP contribution in [0.25, 0.3) is 0 Å². The molecule has 1 atom stereocenters. The molecule has 1 N–H and O–H groups in total. The predicted octanol–water partition coefficient (Wildman–Crippen LogP) is 4.10. The number of nitrogens with zero attached hydrogens (tertiary/aromatic N) is 2. The molecule has 3 aromatic rings. The fourth-order valence-electron chi connectivity index (χ4n) is 3.72. The predicted molar refractivity (Wildman–Crippen MR) is 144 cm³/mol. The number of hydrogen-bond donors (Lipinski definition) is 1. The Balaban J connectivity index is 2.01. The number of amides is 2. The first-order valence-electron chi connectivity index (χ1n) is 11.7. The number of halogens is 1. The van der Waals surface area contributed by atoms with Gasteiger partial charge in [0.05, 0.1) is 22.7 Å². The zero-order valence-corrected chi connectivity index (χ0v) is 22.5. The lowest BCUT2D eigenvalue weighted by Gasteiger charge is -2.32. The molecule has 37 heavy (non-hydrogen) atoms. The van der Waals surface area contributed by atoms with E-state index in [-0.39, 0.29) is 28.1 Å². The maximum Gasteiger partial charge on any atom is 0.264 e. The summed E-state index contributed by atoms with van der Waals surface area (Å²) in [6, 6.07) is 20.5. The molecule has 3 aromatic carbocycles. The molecule has 10 heteroatoms. The monoisotopic (exact) mass is 543 g/mol. The van der Waals surface area contributed by atoms with E-state index in [1.165, 1.54) is 23.1 Å². The van der Waals surface area contributed by atoms with Crippen LogP contribution in [0.2, 0.25) is 5.02 Å². The second-order valence-corrected chi connectivity index (χ2v) is 10.5. The van der Waals surface area contributed by atoms with E-state index >= 15 is 0 Å². The number of para-hydroxylation sites is 1. The SMILES string of the molecule is CCNC(=O)C(C)N(Cc1ccc(OC)cc1)C(=O)CN(c1ccccc1Cl)S(=O)(=O)c1ccccc1. The van der Waals surface area contributed by atoms with Crippen LogP contribution in [0.1, 0.15) is 19.4 Å². The van der Waals surface area contributed by atoms with E-state index in [2.05, 4.69) is 5.32 Å². The zero-order chi connectivity index (χ0) is 27.0. The standard InChI is InChI=1S/C27H30ClN3O5S/c1-4-29-27(33)20(2)30(18-21-14-16-22(36-3)17-15-21)26(32)19-31(25-13-9-8-12-24(25)28)37(34,35)23-10-6-5-7-11-23/h5-17,20H,4,18-19H2,1-3H3,(H,29,33). The minimum Gasteiger partial charge on any atom is -0.497 e. The maximum absolute atomic E-state index is 13.8. The number of benzene rings is 3. The van der Waals surface area contributed by atoms with Gasteiger partial charge in [0.2, 0.25) is 11.8 Å². The number of sulfonamides is 1. The normalized spacial score (nSPS) is 11.9. The van der Waals surface area contributed by atoms with Gasteiger partial charge in [0.1, 0.15) is 18.3 Å². The Kier molecular flexibility index (Phi) is 9.54. The third-order valence-corrected chi connectivity index (χ3v) is 7.86. The second kappa shape index (κ2) is 12.6. The van der Waals surface area contributed by atoms with Crippen molar-refractivity contribution in [2.24, 2.45) is 0 Å². The van der Waals surface area contributed by atoms with Crippen molar-refractivity contribution >= 4 is 39.1 Å².